The van der Waals surface area contributed by atoms with Gasteiger partial charge in [-0.25, -0.2) is 0 Å². The molecule has 0 saturated heterocycles. The SMILES string of the molecule is COc1ccc([C@@H](C)N)c(OCCC(=O)NC2CC2)c1. The fourth-order valence-corrected chi connectivity index (χ4v) is 1.92. The minimum absolute atomic E-state index is 0.0396. The van der Waals surface area contributed by atoms with Crippen molar-refractivity contribution in [1.82, 2.24) is 5.32 Å². The normalized spacial score (nSPS) is 15.6. The van der Waals surface area contributed by atoms with E-state index < -0.39 is 0 Å². The van der Waals surface area contributed by atoms with Crippen LogP contribution in [0.2, 0.25) is 0 Å². The third-order valence-electron chi connectivity index (χ3n) is 3.24. The van der Waals surface area contributed by atoms with E-state index in [1.54, 1.807) is 13.2 Å². The molecular formula is C15H22N2O3. The van der Waals surface area contributed by atoms with Gasteiger partial charge >= 0.3 is 0 Å². The van der Waals surface area contributed by atoms with Crippen molar-refractivity contribution in [1.29, 1.82) is 0 Å². The van der Waals surface area contributed by atoms with E-state index in [0.29, 0.717) is 30.6 Å². The van der Waals surface area contributed by atoms with Gasteiger partial charge < -0.3 is 20.5 Å². The minimum atomic E-state index is -0.129. The van der Waals surface area contributed by atoms with Gasteiger partial charge in [0.25, 0.3) is 0 Å². The Morgan fingerprint density at radius 2 is 2.25 bits per heavy atom. The van der Waals surface area contributed by atoms with E-state index in [-0.39, 0.29) is 11.9 Å². The molecule has 0 spiro atoms. The van der Waals surface area contributed by atoms with Crippen LogP contribution in [0.15, 0.2) is 18.2 Å². The molecule has 5 heteroatoms. The first-order valence-corrected chi connectivity index (χ1v) is 6.96. The van der Waals surface area contributed by atoms with Crippen LogP contribution in [-0.2, 0) is 4.79 Å². The first-order valence-electron chi connectivity index (χ1n) is 6.96. The summed E-state index contributed by atoms with van der Waals surface area (Å²) in [6.45, 7) is 2.24. The fraction of sp³-hybridized carbons (Fsp3) is 0.533. The molecule has 1 aliphatic carbocycles. The van der Waals surface area contributed by atoms with E-state index in [1.807, 2.05) is 19.1 Å². The summed E-state index contributed by atoms with van der Waals surface area (Å²) in [4.78, 5) is 11.6. The Balaban J connectivity index is 1.90. The molecule has 2 rings (SSSR count). The highest BCUT2D eigenvalue weighted by atomic mass is 16.5. The quantitative estimate of drug-likeness (QED) is 0.797. The summed E-state index contributed by atoms with van der Waals surface area (Å²) in [6.07, 6.45) is 2.54. The zero-order valence-electron chi connectivity index (χ0n) is 12.0. The average molecular weight is 278 g/mol. The lowest BCUT2D eigenvalue weighted by Crippen LogP contribution is -2.26. The van der Waals surface area contributed by atoms with Gasteiger partial charge in [0, 0.05) is 23.7 Å². The average Bonchev–Trinajstić information content (AvgIpc) is 3.22. The van der Waals surface area contributed by atoms with Crippen LogP contribution in [0.3, 0.4) is 0 Å². The van der Waals surface area contributed by atoms with Crippen molar-refractivity contribution in [3.8, 4) is 11.5 Å². The van der Waals surface area contributed by atoms with Crippen LogP contribution in [0.1, 0.15) is 37.8 Å². The lowest BCUT2D eigenvalue weighted by molar-refractivity contribution is -0.121. The van der Waals surface area contributed by atoms with E-state index in [1.165, 1.54) is 0 Å². The second kappa shape index (κ2) is 6.61. The summed E-state index contributed by atoms with van der Waals surface area (Å²) in [6, 6.07) is 5.81. The van der Waals surface area contributed by atoms with Gasteiger partial charge in [-0.05, 0) is 25.8 Å². The number of ether oxygens (including phenoxy) is 2. The number of amides is 1. The zero-order valence-corrected chi connectivity index (χ0v) is 12.0. The molecule has 1 fully saturated rings. The summed E-state index contributed by atoms with van der Waals surface area (Å²) in [5.41, 5.74) is 6.82. The molecule has 110 valence electrons. The van der Waals surface area contributed by atoms with E-state index in [9.17, 15) is 4.79 Å². The van der Waals surface area contributed by atoms with Crippen molar-refractivity contribution < 1.29 is 14.3 Å². The molecule has 5 nitrogen and oxygen atoms in total. The molecule has 1 aromatic rings. The topological polar surface area (TPSA) is 73.6 Å². The number of rotatable bonds is 7. The zero-order chi connectivity index (χ0) is 14.5. The molecule has 0 heterocycles. The minimum Gasteiger partial charge on any atom is -0.497 e. The largest absolute Gasteiger partial charge is 0.497 e. The maximum atomic E-state index is 11.6. The van der Waals surface area contributed by atoms with E-state index in [0.717, 1.165) is 18.4 Å². The lowest BCUT2D eigenvalue weighted by Gasteiger charge is -2.15. The molecule has 0 aromatic heterocycles. The fourth-order valence-electron chi connectivity index (χ4n) is 1.92. The number of carbonyl (C=O) groups excluding carboxylic acids is 1. The highest BCUT2D eigenvalue weighted by Gasteiger charge is 2.23. The predicted molar refractivity (Wildman–Crippen MR) is 76.9 cm³/mol. The van der Waals surface area contributed by atoms with Crippen molar-refractivity contribution in [2.45, 2.75) is 38.3 Å². The molecule has 1 aliphatic rings. The first kappa shape index (κ1) is 14.7. The standard InChI is InChI=1S/C15H22N2O3/c1-10(16)13-6-5-12(19-2)9-14(13)20-8-7-15(18)17-11-3-4-11/h5-6,9-11H,3-4,7-8,16H2,1-2H3,(H,17,18)/t10-/m1/s1. The van der Waals surface area contributed by atoms with Crippen LogP contribution in [0.25, 0.3) is 0 Å². The Kier molecular flexibility index (Phi) is 4.84. The van der Waals surface area contributed by atoms with Crippen LogP contribution in [0, 0.1) is 0 Å². The molecule has 1 aromatic carbocycles. The molecule has 1 saturated carbocycles. The van der Waals surface area contributed by atoms with E-state index in [4.69, 9.17) is 15.2 Å². The number of methoxy groups -OCH3 is 1. The molecule has 20 heavy (non-hydrogen) atoms. The van der Waals surface area contributed by atoms with Crippen molar-refractivity contribution in [3.63, 3.8) is 0 Å². The van der Waals surface area contributed by atoms with Gasteiger partial charge in [0.2, 0.25) is 5.91 Å². The van der Waals surface area contributed by atoms with Crippen molar-refractivity contribution in [2.24, 2.45) is 5.73 Å². The van der Waals surface area contributed by atoms with Crippen LogP contribution < -0.4 is 20.5 Å². The summed E-state index contributed by atoms with van der Waals surface area (Å²) in [5.74, 6) is 1.43. The number of benzene rings is 1. The smallest absolute Gasteiger partial charge is 0.223 e. The third-order valence-corrected chi connectivity index (χ3v) is 3.24. The molecule has 0 unspecified atom stereocenters. The van der Waals surface area contributed by atoms with Gasteiger partial charge in [-0.3, -0.25) is 4.79 Å². The lowest BCUT2D eigenvalue weighted by atomic mass is 10.1. The van der Waals surface area contributed by atoms with Gasteiger partial charge in [0.05, 0.1) is 20.1 Å². The van der Waals surface area contributed by atoms with Crippen molar-refractivity contribution in [3.05, 3.63) is 23.8 Å². The summed E-state index contributed by atoms with van der Waals surface area (Å²) in [7, 11) is 1.60. The third kappa shape index (κ3) is 4.13. The number of nitrogens with two attached hydrogens (primary N) is 1. The first-order chi connectivity index (χ1) is 9.60. The van der Waals surface area contributed by atoms with Crippen molar-refractivity contribution >= 4 is 5.91 Å². The molecule has 0 bridgehead atoms. The van der Waals surface area contributed by atoms with E-state index >= 15 is 0 Å². The Bertz CT molecular complexity index is 470. The van der Waals surface area contributed by atoms with Crippen LogP contribution >= 0.6 is 0 Å². The predicted octanol–water partition coefficient (Wildman–Crippen LogP) is 1.76. The molecule has 3 N–H and O–H groups in total. The Morgan fingerprint density at radius 1 is 1.50 bits per heavy atom. The summed E-state index contributed by atoms with van der Waals surface area (Å²) < 4.78 is 10.9. The number of hydrogen-bond acceptors (Lipinski definition) is 4. The Labute approximate surface area is 119 Å². The number of nitrogens with one attached hydrogen (secondary N) is 1. The van der Waals surface area contributed by atoms with Gasteiger partial charge in [0.1, 0.15) is 11.5 Å². The van der Waals surface area contributed by atoms with Gasteiger partial charge in [-0.2, -0.15) is 0 Å². The van der Waals surface area contributed by atoms with Crippen LogP contribution in [0.5, 0.6) is 11.5 Å². The highest BCUT2D eigenvalue weighted by Crippen LogP contribution is 2.28. The second-order valence-electron chi connectivity index (χ2n) is 5.13. The van der Waals surface area contributed by atoms with Crippen LogP contribution in [-0.4, -0.2) is 25.7 Å². The van der Waals surface area contributed by atoms with Gasteiger partial charge in [0.15, 0.2) is 0 Å². The maximum Gasteiger partial charge on any atom is 0.223 e. The summed E-state index contributed by atoms with van der Waals surface area (Å²) >= 11 is 0. The molecule has 0 radical (unpaired) electrons. The number of carbonyl (C=O) groups is 1. The van der Waals surface area contributed by atoms with Crippen molar-refractivity contribution in [2.75, 3.05) is 13.7 Å². The van der Waals surface area contributed by atoms with Gasteiger partial charge in [-0.1, -0.05) is 6.07 Å². The van der Waals surface area contributed by atoms with Gasteiger partial charge in [-0.15, -0.1) is 0 Å². The highest BCUT2D eigenvalue weighted by molar-refractivity contribution is 5.76. The Morgan fingerprint density at radius 3 is 2.85 bits per heavy atom. The monoisotopic (exact) mass is 278 g/mol. The van der Waals surface area contributed by atoms with E-state index in [2.05, 4.69) is 5.32 Å². The number of hydrogen-bond donors (Lipinski definition) is 2. The molecule has 0 aliphatic heterocycles. The maximum absolute atomic E-state index is 11.6. The van der Waals surface area contributed by atoms with Crippen LogP contribution in [0.4, 0.5) is 0 Å². The molecular weight excluding hydrogens is 256 g/mol. The Hall–Kier alpha value is -1.75. The summed E-state index contributed by atoms with van der Waals surface area (Å²) in [5, 5.41) is 2.93. The second-order valence-corrected chi connectivity index (χ2v) is 5.13. The molecule has 1 atom stereocenters. The molecule has 1 amide bonds.